The summed E-state index contributed by atoms with van der Waals surface area (Å²) in [5.41, 5.74) is -2.18. The average Bonchev–Trinajstić information content (AvgIpc) is 2.59. The van der Waals surface area contributed by atoms with E-state index in [0.29, 0.717) is 13.0 Å². The Bertz CT molecular complexity index is 308. The Labute approximate surface area is 95.1 Å². The van der Waals surface area contributed by atoms with Crippen LogP contribution in [0.5, 0.6) is 0 Å². The molecule has 0 radical (unpaired) electrons. The third-order valence-corrected chi connectivity index (χ3v) is 3.02. The molecule has 1 fully saturated rings. The van der Waals surface area contributed by atoms with Crippen molar-refractivity contribution in [2.45, 2.75) is 39.2 Å². The maximum absolute atomic E-state index is 12.1. The number of carboxylic acid groups (broad SMARTS) is 1. The maximum Gasteiger partial charge on any atom is 0.228 e. The number of hydrogen-bond donors (Lipinski definition) is 1. The van der Waals surface area contributed by atoms with Gasteiger partial charge in [0, 0.05) is 12.0 Å². The van der Waals surface area contributed by atoms with Gasteiger partial charge in [0.25, 0.3) is 0 Å². The van der Waals surface area contributed by atoms with Crippen LogP contribution in [0.15, 0.2) is 0 Å². The van der Waals surface area contributed by atoms with Crippen molar-refractivity contribution in [1.29, 1.82) is 0 Å². The van der Waals surface area contributed by atoms with E-state index in [1.54, 1.807) is 20.8 Å². The quantitative estimate of drug-likeness (QED) is 0.666. The molecule has 1 atom stereocenters. The van der Waals surface area contributed by atoms with Crippen LogP contribution in [0, 0.1) is 5.41 Å². The van der Waals surface area contributed by atoms with Gasteiger partial charge in [-0.1, -0.05) is 20.8 Å². The first kappa shape index (κ1) is 13.0. The van der Waals surface area contributed by atoms with Crippen LogP contribution in [0.25, 0.3) is 0 Å². The topological polar surface area (TPSA) is 80.7 Å². The molecule has 1 N–H and O–H groups in total. The smallest absolute Gasteiger partial charge is 0.228 e. The molecule has 0 saturated carbocycles. The predicted molar refractivity (Wildman–Crippen MR) is 55.2 cm³/mol. The van der Waals surface area contributed by atoms with Gasteiger partial charge < -0.3 is 19.9 Å². The number of carboxylic acids is 1. The van der Waals surface area contributed by atoms with Crippen LogP contribution >= 0.6 is 0 Å². The van der Waals surface area contributed by atoms with Crippen LogP contribution in [-0.4, -0.2) is 40.6 Å². The lowest BCUT2D eigenvalue weighted by molar-refractivity contribution is -0.319. The van der Waals surface area contributed by atoms with Crippen molar-refractivity contribution in [3.8, 4) is 0 Å². The lowest BCUT2D eigenvalue weighted by Crippen LogP contribution is -2.62. The summed E-state index contributed by atoms with van der Waals surface area (Å²) in [6.07, 6.45) is 0.837. The fourth-order valence-electron chi connectivity index (χ4n) is 2.02. The summed E-state index contributed by atoms with van der Waals surface area (Å²) in [5, 5.41) is 20.4. The van der Waals surface area contributed by atoms with Gasteiger partial charge in [0.15, 0.2) is 0 Å². The second-order valence-electron chi connectivity index (χ2n) is 5.29. The Morgan fingerprint density at radius 3 is 2.38 bits per heavy atom. The van der Waals surface area contributed by atoms with Crippen LogP contribution in [0.1, 0.15) is 33.6 Å². The first-order valence-corrected chi connectivity index (χ1v) is 5.40. The number of likely N-dealkylation sites (tertiary alicyclic amines) is 1. The number of hydrogen-bond acceptors (Lipinski definition) is 4. The molecule has 0 aromatic rings. The third-order valence-electron chi connectivity index (χ3n) is 3.02. The van der Waals surface area contributed by atoms with Crippen LogP contribution in [0.3, 0.4) is 0 Å². The van der Waals surface area contributed by atoms with Gasteiger partial charge in [-0.2, -0.15) is 0 Å². The fraction of sp³-hybridized carbons (Fsp3) is 0.818. The molecule has 0 spiro atoms. The Morgan fingerprint density at radius 1 is 1.44 bits per heavy atom. The Kier molecular flexibility index (Phi) is 3.28. The number of nitrogens with zero attached hydrogens (tertiary/aromatic N) is 1. The molecule has 0 bridgehead atoms. The molecule has 0 aromatic heterocycles. The van der Waals surface area contributed by atoms with Crippen molar-refractivity contribution in [1.82, 2.24) is 4.90 Å². The highest BCUT2D eigenvalue weighted by Gasteiger charge is 2.46. The van der Waals surface area contributed by atoms with E-state index in [2.05, 4.69) is 0 Å². The van der Waals surface area contributed by atoms with E-state index in [1.807, 2.05) is 0 Å². The summed E-state index contributed by atoms with van der Waals surface area (Å²) in [5.74, 6) is -1.63. The van der Waals surface area contributed by atoms with Gasteiger partial charge in [0.2, 0.25) is 5.91 Å². The first-order chi connectivity index (χ1) is 7.25. The molecule has 1 saturated heterocycles. The predicted octanol–water partition coefficient (Wildman–Crippen LogP) is -0.864. The molecule has 1 heterocycles. The molecule has 0 unspecified atom stereocenters. The minimum Gasteiger partial charge on any atom is -0.547 e. The highest BCUT2D eigenvalue weighted by atomic mass is 16.4. The standard InChI is InChI=1S/C11H19NO4/c1-10(2,3)8(14)12-6-4-5-11(12,7-13)9(15)16/h13H,4-7H2,1-3H3,(H,15,16)/p-1/t11-/m1/s1. The lowest BCUT2D eigenvalue weighted by Gasteiger charge is -2.40. The molecule has 1 aliphatic heterocycles. The van der Waals surface area contributed by atoms with E-state index in [9.17, 15) is 19.8 Å². The number of aliphatic hydroxyl groups is 1. The Hall–Kier alpha value is -1.10. The molecule has 0 aliphatic carbocycles. The minimum absolute atomic E-state index is 0.258. The fourth-order valence-corrected chi connectivity index (χ4v) is 2.02. The van der Waals surface area contributed by atoms with Gasteiger partial charge >= 0.3 is 0 Å². The molecule has 1 amide bonds. The Morgan fingerprint density at radius 2 is 2.00 bits per heavy atom. The van der Waals surface area contributed by atoms with E-state index >= 15 is 0 Å². The molecular weight excluding hydrogens is 210 g/mol. The molecule has 16 heavy (non-hydrogen) atoms. The van der Waals surface area contributed by atoms with Crippen molar-refractivity contribution in [2.24, 2.45) is 5.41 Å². The monoisotopic (exact) mass is 228 g/mol. The molecule has 1 aliphatic rings. The number of carbonyl (C=O) groups excluding carboxylic acids is 2. The van der Waals surface area contributed by atoms with Crippen molar-refractivity contribution in [3.05, 3.63) is 0 Å². The van der Waals surface area contributed by atoms with E-state index in [4.69, 9.17) is 0 Å². The molecule has 0 aromatic carbocycles. The highest BCUT2D eigenvalue weighted by Crippen LogP contribution is 2.32. The summed E-state index contributed by atoms with van der Waals surface area (Å²) < 4.78 is 0. The van der Waals surface area contributed by atoms with Crippen molar-refractivity contribution < 1.29 is 19.8 Å². The van der Waals surface area contributed by atoms with Crippen LogP contribution in [0.2, 0.25) is 0 Å². The van der Waals surface area contributed by atoms with E-state index in [1.165, 1.54) is 4.90 Å². The summed E-state index contributed by atoms with van der Waals surface area (Å²) in [6, 6.07) is 0. The maximum atomic E-state index is 12.1. The summed E-state index contributed by atoms with van der Waals surface area (Å²) in [6.45, 7) is 4.96. The zero-order valence-electron chi connectivity index (χ0n) is 9.95. The van der Waals surface area contributed by atoms with Crippen molar-refractivity contribution >= 4 is 11.9 Å². The summed E-state index contributed by atoms with van der Waals surface area (Å²) in [7, 11) is 0. The number of amides is 1. The number of aliphatic hydroxyl groups excluding tert-OH is 1. The van der Waals surface area contributed by atoms with Gasteiger partial charge in [0.1, 0.15) is 5.54 Å². The molecule has 1 rings (SSSR count). The molecule has 5 nitrogen and oxygen atoms in total. The number of carbonyl (C=O) groups is 2. The molecule has 92 valence electrons. The SMILES string of the molecule is CC(C)(C)C(=O)N1CCC[C@@]1(CO)C(=O)[O-]. The van der Waals surface area contributed by atoms with Crippen LogP contribution in [0.4, 0.5) is 0 Å². The van der Waals surface area contributed by atoms with Crippen LogP contribution in [-0.2, 0) is 9.59 Å². The number of rotatable bonds is 2. The van der Waals surface area contributed by atoms with Gasteiger partial charge in [-0.25, -0.2) is 0 Å². The van der Waals surface area contributed by atoms with E-state index in [-0.39, 0.29) is 12.3 Å². The third kappa shape index (κ3) is 1.91. The second kappa shape index (κ2) is 4.05. The number of aliphatic carboxylic acids is 1. The lowest BCUT2D eigenvalue weighted by atomic mass is 9.90. The van der Waals surface area contributed by atoms with E-state index in [0.717, 1.165) is 0 Å². The summed E-state index contributed by atoms with van der Waals surface area (Å²) in [4.78, 5) is 24.5. The van der Waals surface area contributed by atoms with Gasteiger partial charge in [-0.15, -0.1) is 0 Å². The average molecular weight is 228 g/mol. The first-order valence-electron chi connectivity index (χ1n) is 5.40. The largest absolute Gasteiger partial charge is 0.547 e. The highest BCUT2D eigenvalue weighted by molar-refractivity contribution is 5.89. The van der Waals surface area contributed by atoms with Crippen molar-refractivity contribution in [3.63, 3.8) is 0 Å². The second-order valence-corrected chi connectivity index (χ2v) is 5.29. The molecular formula is C11H18NO4-. The van der Waals surface area contributed by atoms with Crippen molar-refractivity contribution in [2.75, 3.05) is 13.2 Å². The van der Waals surface area contributed by atoms with Gasteiger partial charge in [-0.3, -0.25) is 4.79 Å². The Balaban J connectivity index is 3.04. The zero-order chi connectivity index (χ0) is 12.6. The van der Waals surface area contributed by atoms with E-state index < -0.39 is 23.5 Å². The van der Waals surface area contributed by atoms with Gasteiger partial charge in [-0.05, 0) is 12.8 Å². The summed E-state index contributed by atoms with van der Waals surface area (Å²) >= 11 is 0. The van der Waals surface area contributed by atoms with Crippen LogP contribution < -0.4 is 5.11 Å². The normalized spacial score (nSPS) is 25.9. The minimum atomic E-state index is -1.52. The molecule has 5 heteroatoms. The van der Waals surface area contributed by atoms with Gasteiger partial charge in [0.05, 0.1) is 12.6 Å². The zero-order valence-corrected chi connectivity index (χ0v) is 9.95.